The molecule has 24 heavy (non-hydrogen) atoms. The first-order valence-corrected chi connectivity index (χ1v) is 9.91. The molecule has 1 heterocycles. The lowest BCUT2D eigenvalue weighted by molar-refractivity contribution is -0.115. The second-order valence-electron chi connectivity index (χ2n) is 5.35. The zero-order valence-electron chi connectivity index (χ0n) is 13.0. The zero-order chi connectivity index (χ0) is 17.1. The van der Waals surface area contributed by atoms with Crippen LogP contribution >= 0.6 is 35.1 Å². The number of hydrogen-bond donors (Lipinski definition) is 0. The van der Waals surface area contributed by atoms with Gasteiger partial charge < -0.3 is 0 Å². The molecule has 0 aromatic heterocycles. The molecule has 2 nitrogen and oxygen atoms in total. The van der Waals surface area contributed by atoms with Gasteiger partial charge in [0.1, 0.15) is 0 Å². The molecule has 0 bridgehead atoms. The maximum Gasteiger partial charge on any atom is 0.198 e. The summed E-state index contributed by atoms with van der Waals surface area (Å²) < 4.78 is 0.792. The monoisotopic (exact) mass is 374 g/mol. The first-order chi connectivity index (χ1) is 11.6. The molecular weight excluding hydrogens is 360 g/mol. The molecule has 2 aromatic carbocycles. The van der Waals surface area contributed by atoms with Crippen molar-refractivity contribution in [2.24, 2.45) is 0 Å². The van der Waals surface area contributed by atoms with E-state index in [1.165, 1.54) is 11.8 Å². The molecule has 0 radical (unpaired) electrons. The van der Waals surface area contributed by atoms with E-state index in [0.29, 0.717) is 22.6 Å². The Labute approximate surface area is 154 Å². The summed E-state index contributed by atoms with van der Waals surface area (Å²) >= 11 is 8.98. The van der Waals surface area contributed by atoms with Gasteiger partial charge in [0.15, 0.2) is 11.6 Å². The highest BCUT2D eigenvalue weighted by Crippen LogP contribution is 2.48. The number of Topliss-reactive ketones (excluding diaryl/α,β-unsaturated/α-hetero) is 2. The van der Waals surface area contributed by atoms with Crippen molar-refractivity contribution in [1.29, 1.82) is 0 Å². The fraction of sp³-hybridized carbons (Fsp3) is 0.158. The van der Waals surface area contributed by atoms with Crippen LogP contribution in [0.5, 0.6) is 0 Å². The molecule has 0 spiro atoms. The van der Waals surface area contributed by atoms with Gasteiger partial charge >= 0.3 is 0 Å². The minimum Gasteiger partial charge on any atom is -0.294 e. The molecule has 0 N–H and O–H groups in total. The van der Waals surface area contributed by atoms with E-state index in [4.69, 9.17) is 11.6 Å². The van der Waals surface area contributed by atoms with Crippen molar-refractivity contribution in [2.75, 3.05) is 6.26 Å². The van der Waals surface area contributed by atoms with Gasteiger partial charge in [-0.2, -0.15) is 0 Å². The summed E-state index contributed by atoms with van der Waals surface area (Å²) in [6.45, 7) is 0. The molecule has 1 aliphatic heterocycles. The van der Waals surface area contributed by atoms with E-state index in [2.05, 4.69) is 0 Å². The van der Waals surface area contributed by atoms with Crippen LogP contribution in [0.15, 0.2) is 64.4 Å². The van der Waals surface area contributed by atoms with E-state index in [1.807, 2.05) is 48.7 Å². The second-order valence-corrected chi connectivity index (χ2v) is 8.07. The van der Waals surface area contributed by atoms with Crippen molar-refractivity contribution in [3.63, 3.8) is 0 Å². The number of ketones is 2. The number of hydrogen-bond acceptors (Lipinski definition) is 4. The van der Waals surface area contributed by atoms with Gasteiger partial charge in [-0.1, -0.05) is 54.1 Å². The van der Waals surface area contributed by atoms with Crippen LogP contribution in [0.1, 0.15) is 27.6 Å². The average Bonchev–Trinajstić information content (AvgIpc) is 2.61. The van der Waals surface area contributed by atoms with Crippen molar-refractivity contribution in [2.45, 2.75) is 11.7 Å². The van der Waals surface area contributed by atoms with Crippen LogP contribution in [0.3, 0.4) is 0 Å². The average molecular weight is 375 g/mol. The number of carbonyl (C=O) groups excluding carboxylic acids is 2. The third-order valence-electron chi connectivity index (χ3n) is 3.79. The molecule has 1 aliphatic rings. The summed E-state index contributed by atoms with van der Waals surface area (Å²) in [7, 11) is 0. The van der Waals surface area contributed by atoms with Gasteiger partial charge in [0.2, 0.25) is 0 Å². The molecule has 0 aliphatic carbocycles. The van der Waals surface area contributed by atoms with Crippen LogP contribution in [0.4, 0.5) is 0 Å². The van der Waals surface area contributed by atoms with E-state index in [0.717, 1.165) is 9.80 Å². The molecule has 0 saturated carbocycles. The zero-order valence-corrected chi connectivity index (χ0v) is 15.4. The Morgan fingerprint density at radius 2 is 1.79 bits per heavy atom. The summed E-state index contributed by atoms with van der Waals surface area (Å²) in [5, 5.41) is 0.691. The molecule has 1 atom stereocenters. The number of thioether (sulfide) groups is 2. The van der Waals surface area contributed by atoms with Crippen LogP contribution in [-0.2, 0) is 4.79 Å². The number of carbonyl (C=O) groups is 2. The van der Waals surface area contributed by atoms with Crippen LogP contribution in [-0.4, -0.2) is 17.8 Å². The molecule has 0 unspecified atom stereocenters. The molecule has 0 saturated heterocycles. The minimum absolute atomic E-state index is 0.0181. The Bertz CT molecular complexity index is 798. The Morgan fingerprint density at radius 3 is 2.42 bits per heavy atom. The lowest BCUT2D eigenvalue weighted by Gasteiger charge is -2.24. The van der Waals surface area contributed by atoms with Crippen molar-refractivity contribution in [1.82, 2.24) is 0 Å². The highest BCUT2D eigenvalue weighted by Gasteiger charge is 2.33. The molecule has 0 fully saturated rings. The van der Waals surface area contributed by atoms with E-state index in [9.17, 15) is 9.59 Å². The predicted octanol–water partition coefficient (Wildman–Crippen LogP) is 5.54. The van der Waals surface area contributed by atoms with Gasteiger partial charge in [-0.15, -0.1) is 23.5 Å². The number of halogens is 1. The van der Waals surface area contributed by atoms with Crippen molar-refractivity contribution in [3.8, 4) is 0 Å². The van der Waals surface area contributed by atoms with Gasteiger partial charge in [0, 0.05) is 22.3 Å². The Balaban J connectivity index is 1.93. The molecule has 0 amide bonds. The Hall–Kier alpha value is -1.49. The number of rotatable bonds is 4. The number of allylic oxidation sites excluding steroid dienone is 1. The Kier molecular flexibility index (Phi) is 5.49. The summed E-state index contributed by atoms with van der Waals surface area (Å²) in [5.41, 5.74) is 1.93. The summed E-state index contributed by atoms with van der Waals surface area (Å²) in [5.74, 6) is -0.279. The van der Waals surface area contributed by atoms with E-state index >= 15 is 0 Å². The second kappa shape index (κ2) is 7.60. The molecule has 2 aromatic rings. The van der Waals surface area contributed by atoms with Crippen molar-refractivity contribution >= 4 is 46.7 Å². The van der Waals surface area contributed by atoms with Gasteiger partial charge in [-0.3, -0.25) is 9.59 Å². The highest BCUT2D eigenvalue weighted by atomic mass is 35.5. The smallest absolute Gasteiger partial charge is 0.198 e. The summed E-state index contributed by atoms with van der Waals surface area (Å²) in [4.78, 5) is 25.4. The van der Waals surface area contributed by atoms with Crippen molar-refractivity contribution in [3.05, 3.63) is 80.6 Å². The fourth-order valence-corrected chi connectivity index (χ4v) is 4.96. The summed E-state index contributed by atoms with van der Waals surface area (Å²) in [6.07, 6.45) is 2.22. The van der Waals surface area contributed by atoms with Crippen LogP contribution < -0.4 is 0 Å². The predicted molar refractivity (Wildman–Crippen MR) is 103 cm³/mol. The largest absolute Gasteiger partial charge is 0.294 e. The minimum atomic E-state index is -0.188. The van der Waals surface area contributed by atoms with E-state index in [1.54, 1.807) is 23.9 Å². The van der Waals surface area contributed by atoms with Crippen LogP contribution in [0.2, 0.25) is 5.02 Å². The first kappa shape index (κ1) is 17.3. The quantitative estimate of drug-likeness (QED) is 0.519. The normalized spacial score (nSPS) is 17.9. The Morgan fingerprint density at radius 1 is 1.12 bits per heavy atom. The topological polar surface area (TPSA) is 34.1 Å². The molecule has 122 valence electrons. The SMILES string of the molecule is CSC1=C(C(=O)c2ccccc2)C(=O)C[C@H](c2ccc(Cl)cc2)S1. The summed E-state index contributed by atoms with van der Waals surface area (Å²) in [6, 6.07) is 16.5. The third kappa shape index (κ3) is 3.61. The van der Waals surface area contributed by atoms with Gasteiger partial charge in [0.05, 0.1) is 9.81 Å². The molecular formula is C19H15ClO2S2. The lowest BCUT2D eigenvalue weighted by Crippen LogP contribution is -2.20. The maximum atomic E-state index is 12.7. The van der Waals surface area contributed by atoms with E-state index in [-0.39, 0.29) is 16.8 Å². The van der Waals surface area contributed by atoms with E-state index < -0.39 is 0 Å². The molecule has 3 rings (SSSR count). The van der Waals surface area contributed by atoms with Crippen LogP contribution in [0.25, 0.3) is 0 Å². The standard InChI is InChI=1S/C19H15ClO2S2/c1-23-19-17(18(22)13-5-3-2-4-6-13)15(21)11-16(24-19)12-7-9-14(20)10-8-12/h2-10,16H,11H2,1H3/t16-/m1/s1. The lowest BCUT2D eigenvalue weighted by atomic mass is 9.96. The third-order valence-corrected chi connectivity index (χ3v) is 6.55. The van der Waals surface area contributed by atoms with Gasteiger partial charge in [-0.05, 0) is 24.0 Å². The highest BCUT2D eigenvalue weighted by molar-refractivity contribution is 8.22. The van der Waals surface area contributed by atoms with Gasteiger partial charge in [-0.25, -0.2) is 0 Å². The first-order valence-electron chi connectivity index (χ1n) is 7.43. The van der Waals surface area contributed by atoms with Crippen molar-refractivity contribution < 1.29 is 9.59 Å². The van der Waals surface area contributed by atoms with Crippen LogP contribution in [0, 0.1) is 0 Å². The van der Waals surface area contributed by atoms with Gasteiger partial charge in [0.25, 0.3) is 0 Å². The number of benzene rings is 2. The molecule has 5 heteroatoms. The maximum absolute atomic E-state index is 12.7. The fourth-order valence-electron chi connectivity index (χ4n) is 2.58.